The first kappa shape index (κ1) is 20.8. The normalized spacial score (nSPS) is 11.0. The number of thiocarbonyl (C=S) groups is 1. The minimum absolute atomic E-state index is 0.136. The molecule has 1 aromatic heterocycles. The molecule has 10 heteroatoms. The lowest BCUT2D eigenvalue weighted by atomic mass is 10.2. The fourth-order valence-electron chi connectivity index (χ4n) is 2.47. The summed E-state index contributed by atoms with van der Waals surface area (Å²) in [6.45, 7) is 1.51. The molecule has 148 valence electrons. The van der Waals surface area contributed by atoms with Gasteiger partial charge in [0.25, 0.3) is 11.5 Å². The number of halogens is 1. The minimum Gasteiger partial charge on any atom is -0.296 e. The van der Waals surface area contributed by atoms with Gasteiger partial charge in [0.2, 0.25) is 5.11 Å². The van der Waals surface area contributed by atoms with Crippen molar-refractivity contribution < 1.29 is 4.79 Å². The smallest absolute Gasteiger partial charge is 0.280 e. The highest BCUT2D eigenvalue weighted by atomic mass is 79.9. The SMILES string of the molecule is Cc1nc2ccc(Br)cc2c(=O)n1NC(=O)CNNC(=S)/N=C/c1ccccc1. The van der Waals surface area contributed by atoms with E-state index in [0.29, 0.717) is 16.7 Å². The summed E-state index contributed by atoms with van der Waals surface area (Å²) in [6.07, 6.45) is 1.61. The number of hydrazine groups is 1. The average molecular weight is 473 g/mol. The van der Waals surface area contributed by atoms with Crippen LogP contribution in [0.25, 0.3) is 10.9 Å². The molecule has 1 amide bonds. The second kappa shape index (κ2) is 9.50. The molecule has 0 aliphatic rings. The van der Waals surface area contributed by atoms with Crippen molar-refractivity contribution in [2.75, 3.05) is 12.0 Å². The van der Waals surface area contributed by atoms with E-state index in [0.717, 1.165) is 14.7 Å². The highest BCUT2D eigenvalue weighted by Gasteiger charge is 2.11. The summed E-state index contributed by atoms with van der Waals surface area (Å²) in [5.41, 5.74) is 8.94. The van der Waals surface area contributed by atoms with Crippen LogP contribution in [0.15, 0.2) is 62.8 Å². The number of rotatable bonds is 5. The van der Waals surface area contributed by atoms with E-state index in [1.807, 2.05) is 30.3 Å². The Morgan fingerprint density at radius 2 is 2.03 bits per heavy atom. The molecule has 1 heterocycles. The first-order valence-corrected chi connectivity index (χ1v) is 9.75. The Balaban J connectivity index is 1.58. The van der Waals surface area contributed by atoms with Gasteiger partial charge in [-0.3, -0.25) is 20.4 Å². The number of hydrogen-bond acceptors (Lipinski definition) is 5. The highest BCUT2D eigenvalue weighted by molar-refractivity contribution is 9.10. The molecule has 3 N–H and O–H groups in total. The quantitative estimate of drug-likeness (QED) is 0.298. The molecule has 0 saturated carbocycles. The molecule has 0 aliphatic carbocycles. The highest BCUT2D eigenvalue weighted by Crippen LogP contribution is 2.15. The number of carbonyl (C=O) groups is 1. The van der Waals surface area contributed by atoms with Crippen LogP contribution in [-0.4, -0.2) is 33.4 Å². The fraction of sp³-hybridized carbons (Fsp3) is 0.105. The van der Waals surface area contributed by atoms with Gasteiger partial charge in [-0.2, -0.15) is 0 Å². The Kier molecular flexibility index (Phi) is 6.81. The number of aliphatic imine (C=N–C) groups is 1. The molecule has 2 aromatic carbocycles. The van der Waals surface area contributed by atoms with E-state index in [9.17, 15) is 9.59 Å². The second-order valence-corrected chi connectivity index (χ2v) is 7.25. The number of nitrogens with zero attached hydrogens (tertiary/aromatic N) is 3. The van der Waals surface area contributed by atoms with Gasteiger partial charge < -0.3 is 0 Å². The maximum absolute atomic E-state index is 12.7. The Bertz CT molecular complexity index is 1150. The predicted molar refractivity (Wildman–Crippen MR) is 121 cm³/mol. The van der Waals surface area contributed by atoms with Crippen LogP contribution in [0.2, 0.25) is 0 Å². The van der Waals surface area contributed by atoms with Gasteiger partial charge >= 0.3 is 0 Å². The van der Waals surface area contributed by atoms with Crippen molar-refractivity contribution in [2.45, 2.75) is 6.92 Å². The van der Waals surface area contributed by atoms with E-state index < -0.39 is 5.91 Å². The van der Waals surface area contributed by atoms with Crippen LogP contribution < -0.4 is 21.8 Å². The summed E-state index contributed by atoms with van der Waals surface area (Å²) in [4.78, 5) is 33.3. The second-order valence-electron chi connectivity index (χ2n) is 5.95. The van der Waals surface area contributed by atoms with Crippen LogP contribution in [-0.2, 0) is 4.79 Å². The lowest BCUT2D eigenvalue weighted by Crippen LogP contribution is -2.44. The van der Waals surface area contributed by atoms with Crippen molar-refractivity contribution in [1.82, 2.24) is 20.5 Å². The zero-order valence-corrected chi connectivity index (χ0v) is 17.8. The molecular weight excluding hydrogens is 456 g/mol. The number of amides is 1. The molecule has 0 bridgehead atoms. The Morgan fingerprint density at radius 3 is 2.79 bits per heavy atom. The molecule has 0 spiro atoms. The van der Waals surface area contributed by atoms with Gasteiger partial charge in [-0.1, -0.05) is 46.3 Å². The fourth-order valence-corrected chi connectivity index (χ4v) is 2.96. The average Bonchev–Trinajstić information content (AvgIpc) is 2.71. The van der Waals surface area contributed by atoms with Crippen LogP contribution in [0.1, 0.15) is 11.4 Å². The third-order valence-electron chi connectivity index (χ3n) is 3.81. The number of nitrogens with one attached hydrogen (secondary N) is 3. The van der Waals surface area contributed by atoms with Crippen molar-refractivity contribution in [2.24, 2.45) is 4.99 Å². The van der Waals surface area contributed by atoms with Crippen molar-refractivity contribution in [3.05, 3.63) is 74.7 Å². The van der Waals surface area contributed by atoms with E-state index in [1.54, 1.807) is 31.3 Å². The van der Waals surface area contributed by atoms with Crippen molar-refractivity contribution in [3.63, 3.8) is 0 Å². The maximum atomic E-state index is 12.7. The number of aryl methyl sites for hydroxylation is 1. The molecule has 0 radical (unpaired) electrons. The van der Waals surface area contributed by atoms with Crippen LogP contribution >= 0.6 is 28.1 Å². The monoisotopic (exact) mass is 472 g/mol. The van der Waals surface area contributed by atoms with Crippen molar-refractivity contribution >= 4 is 56.3 Å². The number of benzene rings is 2. The summed E-state index contributed by atoms with van der Waals surface area (Å²) in [6, 6.07) is 14.7. The van der Waals surface area contributed by atoms with E-state index in [4.69, 9.17) is 12.2 Å². The molecule has 29 heavy (non-hydrogen) atoms. The summed E-state index contributed by atoms with van der Waals surface area (Å²) in [5.74, 6) is -0.0807. The largest absolute Gasteiger partial charge is 0.296 e. The number of hydrogen-bond donors (Lipinski definition) is 3. The summed E-state index contributed by atoms with van der Waals surface area (Å²) in [5, 5.41) is 0.569. The third kappa shape index (κ3) is 5.53. The minimum atomic E-state index is -0.450. The molecule has 0 saturated heterocycles. The summed E-state index contributed by atoms with van der Waals surface area (Å²) >= 11 is 8.40. The molecule has 3 aromatic rings. The molecule has 0 unspecified atom stereocenters. The van der Waals surface area contributed by atoms with Gasteiger partial charge in [0.05, 0.1) is 17.4 Å². The van der Waals surface area contributed by atoms with Gasteiger partial charge in [0.15, 0.2) is 0 Å². The first-order chi connectivity index (χ1) is 13.9. The standard InChI is InChI=1S/C19H17BrN6O2S/c1-12-23-16-8-7-14(20)9-15(16)18(28)26(12)25-17(27)11-22-24-19(29)21-10-13-5-3-2-4-6-13/h2-10,22H,11H2,1H3,(H,24,29)(H,25,27)/b21-10+. The Hall–Kier alpha value is -2.95. The Labute approximate surface area is 180 Å². The predicted octanol–water partition coefficient (Wildman–Crippen LogP) is 2.04. The molecule has 0 fully saturated rings. The zero-order chi connectivity index (χ0) is 20.8. The van der Waals surface area contributed by atoms with Crippen molar-refractivity contribution in [1.29, 1.82) is 0 Å². The van der Waals surface area contributed by atoms with Crippen LogP contribution in [0.5, 0.6) is 0 Å². The molecule has 8 nitrogen and oxygen atoms in total. The summed E-state index contributed by atoms with van der Waals surface area (Å²) < 4.78 is 1.87. The molecule has 0 aliphatic heterocycles. The topological polar surface area (TPSA) is 100 Å². The van der Waals surface area contributed by atoms with E-state index in [2.05, 4.69) is 42.2 Å². The van der Waals surface area contributed by atoms with Crippen molar-refractivity contribution in [3.8, 4) is 0 Å². The molecular formula is C19H17BrN6O2S. The third-order valence-corrected chi connectivity index (χ3v) is 4.51. The first-order valence-electron chi connectivity index (χ1n) is 8.55. The molecule has 3 rings (SSSR count). The van der Waals surface area contributed by atoms with Crippen LogP contribution in [0.4, 0.5) is 0 Å². The number of fused-ring (bicyclic) bond motifs is 1. The van der Waals surface area contributed by atoms with Crippen LogP contribution in [0, 0.1) is 6.92 Å². The van der Waals surface area contributed by atoms with E-state index in [1.165, 1.54) is 0 Å². The van der Waals surface area contributed by atoms with E-state index in [-0.39, 0.29) is 17.2 Å². The van der Waals surface area contributed by atoms with Gasteiger partial charge in [-0.25, -0.2) is 20.1 Å². The van der Waals surface area contributed by atoms with Crippen LogP contribution in [0.3, 0.4) is 0 Å². The zero-order valence-electron chi connectivity index (χ0n) is 15.3. The lowest BCUT2D eigenvalue weighted by Gasteiger charge is -2.13. The Morgan fingerprint density at radius 1 is 1.28 bits per heavy atom. The summed E-state index contributed by atoms with van der Waals surface area (Å²) in [7, 11) is 0. The lowest BCUT2D eigenvalue weighted by molar-refractivity contribution is -0.116. The maximum Gasteiger partial charge on any atom is 0.280 e. The number of carbonyl (C=O) groups excluding carboxylic acids is 1. The molecule has 0 atom stereocenters. The number of aromatic nitrogens is 2. The van der Waals surface area contributed by atoms with E-state index >= 15 is 0 Å². The van der Waals surface area contributed by atoms with Gasteiger partial charge in [0, 0.05) is 10.7 Å². The van der Waals surface area contributed by atoms with Gasteiger partial charge in [-0.15, -0.1) is 0 Å². The van der Waals surface area contributed by atoms with Gasteiger partial charge in [0.1, 0.15) is 5.82 Å². The van der Waals surface area contributed by atoms with Gasteiger partial charge in [-0.05, 0) is 42.9 Å².